The lowest BCUT2D eigenvalue weighted by Crippen LogP contribution is -2.47. The maximum atomic E-state index is 4.67. The maximum absolute atomic E-state index is 4.67. The average Bonchev–Trinajstić information content (AvgIpc) is 3.14. The van der Waals surface area contributed by atoms with Gasteiger partial charge in [0.15, 0.2) is 11.8 Å². The fourth-order valence-electron chi connectivity index (χ4n) is 4.11. The van der Waals surface area contributed by atoms with E-state index in [0.717, 1.165) is 43.5 Å². The molecule has 0 radical (unpaired) electrons. The molecule has 2 aliphatic heterocycles. The van der Waals surface area contributed by atoms with E-state index in [4.69, 9.17) is 0 Å². The monoisotopic (exact) mass is 517 g/mol. The van der Waals surface area contributed by atoms with Gasteiger partial charge < -0.3 is 15.5 Å². The van der Waals surface area contributed by atoms with Crippen molar-refractivity contribution >= 4 is 29.9 Å². The Morgan fingerprint density at radius 1 is 1.17 bits per heavy atom. The summed E-state index contributed by atoms with van der Waals surface area (Å²) in [7, 11) is 1.85. The number of hydrogen-bond donors (Lipinski definition) is 2. The molecule has 0 spiro atoms. The largest absolute Gasteiger partial charge is 0.356 e. The second-order valence-corrected chi connectivity index (χ2v) is 8.56. The van der Waals surface area contributed by atoms with Crippen LogP contribution in [0.2, 0.25) is 0 Å². The molecule has 29 heavy (non-hydrogen) atoms. The van der Waals surface area contributed by atoms with E-state index in [0.29, 0.717) is 12.0 Å². The van der Waals surface area contributed by atoms with E-state index in [2.05, 4.69) is 49.1 Å². The van der Waals surface area contributed by atoms with Crippen molar-refractivity contribution in [2.24, 2.45) is 4.99 Å². The van der Waals surface area contributed by atoms with Crippen molar-refractivity contribution in [3.63, 3.8) is 0 Å². The highest BCUT2D eigenvalue weighted by molar-refractivity contribution is 14.0. The van der Waals surface area contributed by atoms with Crippen LogP contribution >= 0.6 is 24.0 Å². The third-order valence-corrected chi connectivity index (χ3v) is 5.85. The molecule has 3 rings (SSSR count). The molecule has 1 saturated heterocycles. The number of guanidine groups is 1. The Balaban J connectivity index is 0.00000300. The summed E-state index contributed by atoms with van der Waals surface area (Å²) in [5.41, 5.74) is 0. The van der Waals surface area contributed by atoms with E-state index in [1.54, 1.807) is 0 Å². The van der Waals surface area contributed by atoms with Crippen LogP contribution < -0.4 is 10.6 Å². The number of unbranched alkanes of at least 4 members (excludes halogenated alkanes) is 2. The highest BCUT2D eigenvalue weighted by Gasteiger charge is 2.23. The summed E-state index contributed by atoms with van der Waals surface area (Å²) in [6, 6.07) is 0.361. The zero-order valence-corrected chi connectivity index (χ0v) is 20.8. The number of aryl methyl sites for hydroxylation is 1. The Labute approximate surface area is 193 Å². The van der Waals surface area contributed by atoms with Gasteiger partial charge in [0.2, 0.25) is 0 Å². The topological polar surface area (TPSA) is 70.4 Å². The molecule has 1 unspecified atom stereocenters. The number of likely N-dealkylation sites (tertiary alicyclic amines) is 1. The minimum Gasteiger partial charge on any atom is -0.356 e. The molecule has 1 fully saturated rings. The highest BCUT2D eigenvalue weighted by Crippen LogP contribution is 2.17. The number of aliphatic imine (C=N–C) groups is 1. The van der Waals surface area contributed by atoms with Gasteiger partial charge in [0.25, 0.3) is 0 Å². The molecule has 8 heteroatoms. The highest BCUT2D eigenvalue weighted by atomic mass is 127. The first-order valence-electron chi connectivity index (χ1n) is 11.3. The third-order valence-electron chi connectivity index (χ3n) is 5.85. The van der Waals surface area contributed by atoms with E-state index in [1.165, 1.54) is 58.2 Å². The number of nitrogens with one attached hydrogen (secondary N) is 2. The van der Waals surface area contributed by atoms with Crippen LogP contribution in [0.5, 0.6) is 0 Å². The summed E-state index contributed by atoms with van der Waals surface area (Å²) in [5, 5.41) is 11.7. The summed E-state index contributed by atoms with van der Waals surface area (Å²) >= 11 is 0. The van der Waals surface area contributed by atoms with E-state index >= 15 is 0 Å². The minimum atomic E-state index is 0. The standard InChI is InChI=1S/C21H39N7.HI/c1-17(2)20-25-19-11-10-18(16-28(19)26-20)24-21(22-3)23-12-6-4-7-13-27-14-8-5-9-15-27;/h17-18H,4-16H2,1-3H3,(H2,22,23,24);1H. The van der Waals surface area contributed by atoms with Gasteiger partial charge in [-0.05, 0) is 51.7 Å². The summed E-state index contributed by atoms with van der Waals surface area (Å²) in [6.45, 7) is 10.0. The van der Waals surface area contributed by atoms with E-state index in [-0.39, 0.29) is 24.0 Å². The van der Waals surface area contributed by atoms with Crippen molar-refractivity contribution < 1.29 is 0 Å². The molecule has 1 aromatic rings. The molecule has 1 aromatic heterocycles. The Morgan fingerprint density at radius 2 is 1.97 bits per heavy atom. The maximum Gasteiger partial charge on any atom is 0.191 e. The van der Waals surface area contributed by atoms with E-state index < -0.39 is 0 Å². The van der Waals surface area contributed by atoms with Crippen LogP contribution in [0.1, 0.15) is 76.4 Å². The molecule has 0 aliphatic carbocycles. The second kappa shape index (κ2) is 12.7. The zero-order valence-electron chi connectivity index (χ0n) is 18.5. The summed E-state index contributed by atoms with van der Waals surface area (Å²) in [5.74, 6) is 3.38. The molecule has 7 nitrogen and oxygen atoms in total. The Morgan fingerprint density at radius 3 is 2.69 bits per heavy atom. The van der Waals surface area contributed by atoms with Crippen molar-refractivity contribution in [3.8, 4) is 0 Å². The Kier molecular flexibility index (Phi) is 10.7. The van der Waals surface area contributed by atoms with Crippen LogP contribution in [-0.2, 0) is 13.0 Å². The van der Waals surface area contributed by atoms with E-state index in [1.807, 2.05) is 7.05 Å². The number of aromatic nitrogens is 3. The zero-order chi connectivity index (χ0) is 19.8. The van der Waals surface area contributed by atoms with Crippen LogP contribution in [0.4, 0.5) is 0 Å². The van der Waals surface area contributed by atoms with Gasteiger partial charge in [-0.25, -0.2) is 9.67 Å². The predicted molar refractivity (Wildman–Crippen MR) is 130 cm³/mol. The number of piperidine rings is 1. The molecule has 0 amide bonds. The molecule has 2 N–H and O–H groups in total. The van der Waals surface area contributed by atoms with Crippen LogP contribution in [0.15, 0.2) is 4.99 Å². The van der Waals surface area contributed by atoms with Gasteiger partial charge in [0.05, 0.1) is 6.54 Å². The van der Waals surface area contributed by atoms with E-state index in [9.17, 15) is 0 Å². The first-order chi connectivity index (χ1) is 13.7. The van der Waals surface area contributed by atoms with Crippen LogP contribution in [0.3, 0.4) is 0 Å². The van der Waals surface area contributed by atoms with Crippen molar-refractivity contribution in [1.29, 1.82) is 0 Å². The van der Waals surface area contributed by atoms with Crippen LogP contribution in [0.25, 0.3) is 0 Å². The Bertz CT molecular complexity index is 623. The van der Waals surface area contributed by atoms with Gasteiger partial charge in [0.1, 0.15) is 5.82 Å². The second-order valence-electron chi connectivity index (χ2n) is 8.56. The molecular weight excluding hydrogens is 477 g/mol. The number of rotatable bonds is 8. The fourth-order valence-corrected chi connectivity index (χ4v) is 4.11. The lowest BCUT2D eigenvalue weighted by atomic mass is 10.1. The van der Waals surface area contributed by atoms with Crippen LogP contribution in [0, 0.1) is 0 Å². The third kappa shape index (κ3) is 7.70. The predicted octanol–water partition coefficient (Wildman–Crippen LogP) is 3.16. The quantitative estimate of drug-likeness (QED) is 0.240. The molecule has 0 bridgehead atoms. The summed E-state index contributed by atoms with van der Waals surface area (Å²) < 4.78 is 2.07. The van der Waals surface area contributed by atoms with Crippen molar-refractivity contribution in [2.75, 3.05) is 33.2 Å². The first-order valence-corrected chi connectivity index (χ1v) is 11.3. The van der Waals surface area contributed by atoms with Crippen molar-refractivity contribution in [1.82, 2.24) is 30.3 Å². The van der Waals surface area contributed by atoms with Gasteiger partial charge >= 0.3 is 0 Å². The molecular formula is C21H40IN7. The molecule has 1 atom stereocenters. The lowest BCUT2D eigenvalue weighted by molar-refractivity contribution is 0.224. The molecule has 2 aliphatic rings. The van der Waals surface area contributed by atoms with Gasteiger partial charge in [-0.15, -0.1) is 24.0 Å². The number of nitrogens with zero attached hydrogens (tertiary/aromatic N) is 5. The van der Waals surface area contributed by atoms with Crippen molar-refractivity contribution in [3.05, 3.63) is 11.6 Å². The number of halogens is 1. The summed E-state index contributed by atoms with van der Waals surface area (Å²) in [6.07, 6.45) is 10.0. The number of hydrogen-bond acceptors (Lipinski definition) is 4. The van der Waals surface area contributed by atoms with Gasteiger partial charge in [-0.1, -0.05) is 26.7 Å². The molecule has 0 aromatic carbocycles. The summed E-state index contributed by atoms with van der Waals surface area (Å²) in [4.78, 5) is 11.7. The minimum absolute atomic E-state index is 0. The molecule has 166 valence electrons. The molecule has 0 saturated carbocycles. The van der Waals surface area contributed by atoms with Gasteiger partial charge in [-0.3, -0.25) is 4.99 Å². The number of fused-ring (bicyclic) bond motifs is 1. The normalized spacial score (nSPS) is 20.3. The van der Waals surface area contributed by atoms with Gasteiger partial charge in [0, 0.05) is 32.0 Å². The Hall–Kier alpha value is -0.900. The smallest absolute Gasteiger partial charge is 0.191 e. The fraction of sp³-hybridized carbons (Fsp3) is 0.857. The SMILES string of the molecule is CN=C(NCCCCCN1CCCCC1)NC1CCc2nc(C(C)C)nn2C1.I. The van der Waals surface area contributed by atoms with Gasteiger partial charge in [-0.2, -0.15) is 5.10 Å². The lowest BCUT2D eigenvalue weighted by Gasteiger charge is -2.26. The average molecular weight is 518 g/mol. The first kappa shape index (κ1) is 24.4. The molecule has 3 heterocycles. The van der Waals surface area contributed by atoms with Crippen LogP contribution in [-0.4, -0.2) is 64.9 Å². The van der Waals surface area contributed by atoms with Crippen molar-refractivity contribution in [2.45, 2.75) is 83.7 Å².